The molecule has 0 saturated heterocycles. The molecule has 6 heteroatoms. The summed E-state index contributed by atoms with van der Waals surface area (Å²) in [5, 5.41) is 12.5. The molecule has 98 valence electrons. The fraction of sp³-hybridized carbons (Fsp3) is 0.154. The number of carboxylic acids is 1. The molecule has 1 heterocycles. The van der Waals surface area contributed by atoms with Gasteiger partial charge in [0.1, 0.15) is 5.82 Å². The van der Waals surface area contributed by atoms with Crippen molar-refractivity contribution in [2.24, 2.45) is 0 Å². The van der Waals surface area contributed by atoms with Gasteiger partial charge in [-0.1, -0.05) is 23.7 Å². The van der Waals surface area contributed by atoms with Gasteiger partial charge in [-0.15, -0.1) is 0 Å². The molecule has 1 aromatic carbocycles. The van der Waals surface area contributed by atoms with Crippen LogP contribution in [0.4, 0.5) is 5.82 Å². The van der Waals surface area contributed by atoms with Crippen LogP contribution in [0.15, 0.2) is 36.7 Å². The van der Waals surface area contributed by atoms with Gasteiger partial charge in [0.15, 0.2) is 5.69 Å². The Hall–Kier alpha value is -2.14. The van der Waals surface area contributed by atoms with E-state index in [1.54, 1.807) is 6.07 Å². The van der Waals surface area contributed by atoms with Gasteiger partial charge < -0.3 is 10.4 Å². The summed E-state index contributed by atoms with van der Waals surface area (Å²) in [5.41, 5.74) is 0.928. The van der Waals surface area contributed by atoms with Gasteiger partial charge in [-0.05, 0) is 24.6 Å². The van der Waals surface area contributed by atoms with E-state index in [-0.39, 0.29) is 11.7 Å². The predicted molar refractivity (Wildman–Crippen MR) is 72.5 cm³/mol. The van der Waals surface area contributed by atoms with Gasteiger partial charge in [0.05, 0.1) is 18.4 Å². The van der Waals surface area contributed by atoms with E-state index in [1.807, 2.05) is 25.1 Å². The summed E-state index contributed by atoms with van der Waals surface area (Å²) in [4.78, 5) is 18.4. The molecule has 1 aromatic heterocycles. The highest BCUT2D eigenvalue weighted by Crippen LogP contribution is 2.20. The van der Waals surface area contributed by atoms with Gasteiger partial charge in [-0.2, -0.15) is 0 Å². The Labute approximate surface area is 115 Å². The highest BCUT2D eigenvalue weighted by molar-refractivity contribution is 6.30. The lowest BCUT2D eigenvalue weighted by atomic mass is 10.1. The van der Waals surface area contributed by atoms with Gasteiger partial charge >= 0.3 is 5.97 Å². The van der Waals surface area contributed by atoms with Crippen LogP contribution in [0.25, 0.3) is 0 Å². The summed E-state index contributed by atoms with van der Waals surface area (Å²) in [5.74, 6) is -0.584. The Balaban J connectivity index is 2.10. The summed E-state index contributed by atoms with van der Waals surface area (Å²) < 4.78 is 0. The molecule has 0 bridgehead atoms. The van der Waals surface area contributed by atoms with Crippen molar-refractivity contribution in [1.82, 2.24) is 9.97 Å². The summed E-state index contributed by atoms with van der Waals surface area (Å²) >= 11 is 5.93. The van der Waals surface area contributed by atoms with Gasteiger partial charge in [0, 0.05) is 5.02 Å². The minimum atomic E-state index is -1.10. The van der Waals surface area contributed by atoms with E-state index < -0.39 is 5.97 Å². The highest BCUT2D eigenvalue weighted by atomic mass is 35.5. The number of aromatic nitrogens is 2. The predicted octanol–water partition coefficient (Wildman–Crippen LogP) is 3.00. The molecule has 0 spiro atoms. The topological polar surface area (TPSA) is 75.1 Å². The van der Waals surface area contributed by atoms with Crippen LogP contribution in [-0.2, 0) is 0 Å². The number of benzene rings is 1. The van der Waals surface area contributed by atoms with Crippen LogP contribution in [0, 0.1) is 0 Å². The molecule has 5 nitrogen and oxygen atoms in total. The summed E-state index contributed by atoms with van der Waals surface area (Å²) in [6, 6.07) is 7.47. The van der Waals surface area contributed by atoms with Crippen molar-refractivity contribution in [3.05, 3.63) is 52.9 Å². The maximum absolute atomic E-state index is 10.7. The number of halogens is 1. The van der Waals surface area contributed by atoms with Crippen LogP contribution < -0.4 is 5.32 Å². The third kappa shape index (κ3) is 3.42. The molecule has 2 N–H and O–H groups in total. The molecule has 0 radical (unpaired) electrons. The molecule has 1 unspecified atom stereocenters. The third-order valence-electron chi connectivity index (χ3n) is 2.58. The molecule has 0 saturated carbocycles. The first-order chi connectivity index (χ1) is 9.06. The molecule has 1 atom stereocenters. The fourth-order valence-electron chi connectivity index (χ4n) is 1.59. The first-order valence-corrected chi connectivity index (χ1v) is 6.01. The van der Waals surface area contributed by atoms with Gasteiger partial charge in [0.2, 0.25) is 0 Å². The minimum absolute atomic E-state index is 0.0105. The Kier molecular flexibility index (Phi) is 3.97. The molecule has 0 aliphatic rings. The van der Waals surface area contributed by atoms with E-state index >= 15 is 0 Å². The monoisotopic (exact) mass is 277 g/mol. The van der Waals surface area contributed by atoms with Crippen LogP contribution in [-0.4, -0.2) is 21.0 Å². The van der Waals surface area contributed by atoms with Gasteiger partial charge in [-0.25, -0.2) is 14.8 Å². The fourth-order valence-corrected chi connectivity index (χ4v) is 1.79. The van der Waals surface area contributed by atoms with Crippen LogP contribution in [0.5, 0.6) is 0 Å². The Morgan fingerprint density at radius 1 is 1.37 bits per heavy atom. The zero-order valence-corrected chi connectivity index (χ0v) is 10.9. The average Bonchev–Trinajstić information content (AvgIpc) is 2.39. The maximum Gasteiger partial charge on any atom is 0.356 e. The van der Waals surface area contributed by atoms with Crippen molar-refractivity contribution >= 4 is 23.4 Å². The summed E-state index contributed by atoms with van der Waals surface area (Å²) in [7, 11) is 0. The average molecular weight is 278 g/mol. The van der Waals surface area contributed by atoms with Crippen LogP contribution in [0.1, 0.15) is 29.0 Å². The lowest BCUT2D eigenvalue weighted by Crippen LogP contribution is -2.09. The second kappa shape index (κ2) is 5.67. The number of nitrogens with zero attached hydrogens (tertiary/aromatic N) is 2. The summed E-state index contributed by atoms with van der Waals surface area (Å²) in [6.45, 7) is 1.96. The number of carbonyl (C=O) groups is 1. The standard InChI is InChI=1S/C13H12ClN3O2/c1-8(9-3-2-4-10(14)5-9)17-12-7-15-11(6-16-12)13(18)19/h2-8H,1H3,(H,16,17)(H,18,19). The van der Waals surface area contributed by atoms with Gasteiger partial charge in [-0.3, -0.25) is 0 Å². The maximum atomic E-state index is 10.7. The van der Waals surface area contributed by atoms with E-state index in [0.717, 1.165) is 5.56 Å². The van der Waals surface area contributed by atoms with E-state index in [1.165, 1.54) is 12.4 Å². The van der Waals surface area contributed by atoms with Crippen molar-refractivity contribution in [3.8, 4) is 0 Å². The lowest BCUT2D eigenvalue weighted by molar-refractivity contribution is 0.0690. The molecule has 0 aliphatic heterocycles. The number of hydrogen-bond donors (Lipinski definition) is 2. The van der Waals surface area contributed by atoms with Crippen LogP contribution in [0.2, 0.25) is 5.02 Å². The number of hydrogen-bond acceptors (Lipinski definition) is 4. The largest absolute Gasteiger partial charge is 0.476 e. The van der Waals surface area contributed by atoms with Crippen molar-refractivity contribution in [2.45, 2.75) is 13.0 Å². The highest BCUT2D eigenvalue weighted by Gasteiger charge is 2.08. The molecular weight excluding hydrogens is 266 g/mol. The molecular formula is C13H12ClN3O2. The normalized spacial score (nSPS) is 11.9. The molecule has 0 fully saturated rings. The van der Waals surface area contributed by atoms with Crippen LogP contribution >= 0.6 is 11.6 Å². The van der Waals surface area contributed by atoms with E-state index in [2.05, 4.69) is 15.3 Å². The smallest absolute Gasteiger partial charge is 0.356 e. The van der Waals surface area contributed by atoms with Crippen molar-refractivity contribution in [3.63, 3.8) is 0 Å². The molecule has 2 rings (SSSR count). The zero-order valence-electron chi connectivity index (χ0n) is 10.2. The third-order valence-corrected chi connectivity index (χ3v) is 2.82. The minimum Gasteiger partial charge on any atom is -0.476 e. The Morgan fingerprint density at radius 3 is 2.74 bits per heavy atom. The van der Waals surface area contributed by atoms with Crippen molar-refractivity contribution < 1.29 is 9.90 Å². The number of nitrogens with one attached hydrogen (secondary N) is 1. The first-order valence-electron chi connectivity index (χ1n) is 5.63. The van der Waals surface area contributed by atoms with Crippen molar-refractivity contribution in [1.29, 1.82) is 0 Å². The Morgan fingerprint density at radius 2 is 2.16 bits per heavy atom. The number of carboxylic acid groups (broad SMARTS) is 1. The zero-order chi connectivity index (χ0) is 13.8. The van der Waals surface area contributed by atoms with E-state index in [4.69, 9.17) is 16.7 Å². The molecule has 19 heavy (non-hydrogen) atoms. The first kappa shape index (κ1) is 13.3. The Bertz CT molecular complexity index is 587. The second-order valence-electron chi connectivity index (χ2n) is 4.01. The second-order valence-corrected chi connectivity index (χ2v) is 4.45. The number of anilines is 1. The summed E-state index contributed by atoms with van der Waals surface area (Å²) in [6.07, 6.45) is 2.61. The molecule has 0 aliphatic carbocycles. The lowest BCUT2D eigenvalue weighted by Gasteiger charge is -2.14. The van der Waals surface area contributed by atoms with E-state index in [0.29, 0.717) is 10.8 Å². The molecule has 0 amide bonds. The quantitative estimate of drug-likeness (QED) is 0.898. The van der Waals surface area contributed by atoms with Crippen molar-refractivity contribution in [2.75, 3.05) is 5.32 Å². The SMILES string of the molecule is CC(Nc1cnc(C(=O)O)cn1)c1cccc(Cl)c1. The van der Waals surface area contributed by atoms with Gasteiger partial charge in [0.25, 0.3) is 0 Å². The molecule has 2 aromatic rings. The van der Waals surface area contributed by atoms with E-state index in [9.17, 15) is 4.79 Å². The van der Waals surface area contributed by atoms with Crippen LogP contribution in [0.3, 0.4) is 0 Å². The number of rotatable bonds is 4. The number of aromatic carboxylic acids is 1.